The van der Waals surface area contributed by atoms with Gasteiger partial charge in [0.15, 0.2) is 5.82 Å². The van der Waals surface area contributed by atoms with Gasteiger partial charge in [0.25, 0.3) is 0 Å². The molecule has 6 nitrogen and oxygen atoms in total. The van der Waals surface area contributed by atoms with Gasteiger partial charge < -0.3 is 15.7 Å². The quantitative estimate of drug-likeness (QED) is 0.709. The largest absolute Gasteiger partial charge is 0.373 e. The number of nitrogens with zero attached hydrogens (tertiary/aromatic N) is 3. The van der Waals surface area contributed by atoms with E-state index in [1.54, 1.807) is 6.20 Å². The van der Waals surface area contributed by atoms with Crippen molar-refractivity contribution in [3.05, 3.63) is 47.9 Å². The first-order valence-corrected chi connectivity index (χ1v) is 7.20. The van der Waals surface area contributed by atoms with E-state index in [0.29, 0.717) is 18.2 Å². The minimum Gasteiger partial charge on any atom is -0.373 e. The SMILES string of the molecule is OC(Cc1ccccn1)Nc1ccc([C@@H]2CCNC2)nn1. The molecule has 3 heterocycles. The molecule has 1 aliphatic rings. The van der Waals surface area contributed by atoms with Crippen LogP contribution in [0.4, 0.5) is 5.82 Å². The van der Waals surface area contributed by atoms with Gasteiger partial charge in [-0.1, -0.05) is 6.07 Å². The third kappa shape index (κ3) is 3.74. The molecule has 0 aliphatic carbocycles. The Labute approximate surface area is 123 Å². The van der Waals surface area contributed by atoms with E-state index < -0.39 is 6.23 Å². The normalized spacial score (nSPS) is 19.4. The Kier molecular flexibility index (Phi) is 4.37. The summed E-state index contributed by atoms with van der Waals surface area (Å²) in [4.78, 5) is 4.18. The van der Waals surface area contributed by atoms with Gasteiger partial charge in [-0.05, 0) is 37.2 Å². The number of hydrogen-bond donors (Lipinski definition) is 3. The third-order valence-electron chi connectivity index (χ3n) is 3.61. The Morgan fingerprint density at radius 1 is 1.29 bits per heavy atom. The van der Waals surface area contributed by atoms with E-state index in [0.717, 1.165) is 30.9 Å². The first-order chi connectivity index (χ1) is 10.3. The first-order valence-electron chi connectivity index (χ1n) is 7.20. The van der Waals surface area contributed by atoms with Crippen molar-refractivity contribution in [1.82, 2.24) is 20.5 Å². The number of aliphatic hydroxyl groups excluding tert-OH is 1. The topological polar surface area (TPSA) is 83.0 Å². The lowest BCUT2D eigenvalue weighted by molar-refractivity contribution is 0.202. The van der Waals surface area contributed by atoms with Gasteiger partial charge in [0.2, 0.25) is 0 Å². The van der Waals surface area contributed by atoms with Crippen LogP contribution in [0.15, 0.2) is 36.5 Å². The molecular formula is C15H19N5O. The zero-order valence-corrected chi connectivity index (χ0v) is 11.7. The maximum atomic E-state index is 10.0. The molecule has 6 heteroatoms. The van der Waals surface area contributed by atoms with Gasteiger partial charge in [-0.3, -0.25) is 4.98 Å². The van der Waals surface area contributed by atoms with Crippen molar-refractivity contribution in [1.29, 1.82) is 0 Å². The molecule has 0 aromatic carbocycles. The highest BCUT2D eigenvalue weighted by Gasteiger charge is 2.18. The Bertz CT molecular complexity index is 554. The number of aromatic nitrogens is 3. The maximum absolute atomic E-state index is 10.0. The summed E-state index contributed by atoms with van der Waals surface area (Å²) in [5.74, 6) is 1.03. The van der Waals surface area contributed by atoms with Crippen molar-refractivity contribution in [3.63, 3.8) is 0 Å². The highest BCUT2D eigenvalue weighted by Crippen LogP contribution is 2.20. The Balaban J connectivity index is 1.57. The van der Waals surface area contributed by atoms with E-state index in [4.69, 9.17) is 0 Å². The summed E-state index contributed by atoms with van der Waals surface area (Å²) in [5.41, 5.74) is 1.84. The lowest BCUT2D eigenvalue weighted by Gasteiger charge is -2.13. The highest BCUT2D eigenvalue weighted by molar-refractivity contribution is 5.34. The van der Waals surface area contributed by atoms with Crippen LogP contribution in [0.25, 0.3) is 0 Å². The molecule has 2 aromatic rings. The van der Waals surface area contributed by atoms with E-state index in [2.05, 4.69) is 25.8 Å². The summed E-state index contributed by atoms with van der Waals surface area (Å²) in [7, 11) is 0. The zero-order valence-electron chi connectivity index (χ0n) is 11.7. The van der Waals surface area contributed by atoms with Crippen molar-refractivity contribution < 1.29 is 5.11 Å². The molecule has 1 unspecified atom stereocenters. The predicted octanol–water partition coefficient (Wildman–Crippen LogP) is 0.921. The summed E-state index contributed by atoms with van der Waals surface area (Å²) < 4.78 is 0. The maximum Gasteiger partial charge on any atom is 0.150 e. The van der Waals surface area contributed by atoms with Crippen LogP contribution in [0.5, 0.6) is 0 Å². The highest BCUT2D eigenvalue weighted by atomic mass is 16.3. The number of rotatable bonds is 5. The molecule has 0 amide bonds. The number of pyridine rings is 1. The fourth-order valence-electron chi connectivity index (χ4n) is 2.48. The van der Waals surface area contributed by atoms with Gasteiger partial charge in [-0.25, -0.2) is 0 Å². The van der Waals surface area contributed by atoms with Crippen molar-refractivity contribution >= 4 is 5.82 Å². The summed E-state index contributed by atoms with van der Waals surface area (Å²) in [5, 5.41) is 24.6. The molecular weight excluding hydrogens is 266 g/mol. The minimum atomic E-state index is -0.729. The summed E-state index contributed by atoms with van der Waals surface area (Å²) in [6.07, 6.45) is 2.51. The average Bonchev–Trinajstić information content (AvgIpc) is 3.03. The van der Waals surface area contributed by atoms with Gasteiger partial charge in [-0.15, -0.1) is 5.10 Å². The fraction of sp³-hybridized carbons (Fsp3) is 0.400. The fourth-order valence-corrected chi connectivity index (χ4v) is 2.48. The van der Waals surface area contributed by atoms with E-state index >= 15 is 0 Å². The second kappa shape index (κ2) is 6.60. The number of hydrogen-bond acceptors (Lipinski definition) is 6. The Morgan fingerprint density at radius 3 is 2.90 bits per heavy atom. The van der Waals surface area contributed by atoms with Crippen molar-refractivity contribution in [3.8, 4) is 0 Å². The molecule has 0 bridgehead atoms. The van der Waals surface area contributed by atoms with Gasteiger partial charge in [0, 0.05) is 30.8 Å². The molecule has 1 saturated heterocycles. The number of aliphatic hydroxyl groups is 1. The smallest absolute Gasteiger partial charge is 0.150 e. The summed E-state index contributed by atoms with van der Waals surface area (Å²) in [6, 6.07) is 9.47. The molecule has 0 spiro atoms. The van der Waals surface area contributed by atoms with Crippen molar-refractivity contribution in [2.75, 3.05) is 18.4 Å². The van der Waals surface area contributed by atoms with Crippen LogP contribution in [-0.4, -0.2) is 39.6 Å². The van der Waals surface area contributed by atoms with E-state index in [-0.39, 0.29) is 0 Å². The van der Waals surface area contributed by atoms with Crippen molar-refractivity contribution in [2.24, 2.45) is 0 Å². The van der Waals surface area contributed by atoms with Crippen LogP contribution in [0.2, 0.25) is 0 Å². The van der Waals surface area contributed by atoms with Crippen LogP contribution < -0.4 is 10.6 Å². The Hall–Kier alpha value is -2.05. The van der Waals surface area contributed by atoms with E-state index in [1.807, 2.05) is 30.3 Å². The van der Waals surface area contributed by atoms with Crippen LogP contribution in [0, 0.1) is 0 Å². The Morgan fingerprint density at radius 2 is 2.24 bits per heavy atom. The van der Waals surface area contributed by atoms with Crippen LogP contribution in [0.1, 0.15) is 23.7 Å². The summed E-state index contributed by atoms with van der Waals surface area (Å²) in [6.45, 7) is 2.00. The van der Waals surface area contributed by atoms with Crippen LogP contribution in [-0.2, 0) is 6.42 Å². The summed E-state index contributed by atoms with van der Waals surface area (Å²) >= 11 is 0. The van der Waals surface area contributed by atoms with Crippen LogP contribution >= 0.6 is 0 Å². The minimum absolute atomic E-state index is 0.427. The molecule has 0 radical (unpaired) electrons. The first kappa shape index (κ1) is 13.9. The van der Waals surface area contributed by atoms with E-state index in [9.17, 15) is 5.11 Å². The second-order valence-corrected chi connectivity index (χ2v) is 5.22. The zero-order chi connectivity index (χ0) is 14.5. The molecule has 3 rings (SSSR count). The van der Waals surface area contributed by atoms with Gasteiger partial charge in [0.05, 0.1) is 5.69 Å². The van der Waals surface area contributed by atoms with Crippen LogP contribution in [0.3, 0.4) is 0 Å². The number of anilines is 1. The number of nitrogens with one attached hydrogen (secondary N) is 2. The lowest BCUT2D eigenvalue weighted by Crippen LogP contribution is -2.23. The molecule has 110 valence electrons. The third-order valence-corrected chi connectivity index (χ3v) is 3.61. The molecule has 2 aromatic heterocycles. The molecule has 3 N–H and O–H groups in total. The van der Waals surface area contributed by atoms with Crippen molar-refractivity contribution in [2.45, 2.75) is 25.0 Å². The molecule has 2 atom stereocenters. The second-order valence-electron chi connectivity index (χ2n) is 5.22. The monoisotopic (exact) mass is 285 g/mol. The standard InChI is InChI=1S/C15H19N5O/c21-15(9-12-3-1-2-7-17-12)18-14-5-4-13(19-20-14)11-6-8-16-10-11/h1-5,7,11,15-16,21H,6,8-10H2,(H,18,20)/t11-,15?/m1/s1. The van der Waals surface area contributed by atoms with Gasteiger partial charge in [-0.2, -0.15) is 5.10 Å². The molecule has 1 fully saturated rings. The molecule has 0 saturated carbocycles. The van der Waals surface area contributed by atoms with E-state index in [1.165, 1.54) is 0 Å². The predicted molar refractivity (Wildman–Crippen MR) is 79.8 cm³/mol. The molecule has 21 heavy (non-hydrogen) atoms. The molecule has 1 aliphatic heterocycles. The van der Waals surface area contributed by atoms with Gasteiger partial charge >= 0.3 is 0 Å². The average molecular weight is 285 g/mol. The van der Waals surface area contributed by atoms with Gasteiger partial charge in [0.1, 0.15) is 6.23 Å². The lowest BCUT2D eigenvalue weighted by atomic mass is 10.1.